The number of amides is 1. The van der Waals surface area contributed by atoms with Crippen LogP contribution in [0, 0.1) is 6.92 Å². The summed E-state index contributed by atoms with van der Waals surface area (Å²) in [6.45, 7) is 1.96. The molecule has 2 atom stereocenters. The number of carbonyl (C=O) groups is 2. The number of aromatic amines is 1. The summed E-state index contributed by atoms with van der Waals surface area (Å²) >= 11 is 4.28. The monoisotopic (exact) mass is 520 g/mol. The number of imidazole rings is 1. The number of aliphatic carboxylic acids is 1. The smallest absolute Gasteiger partial charge is 0.352 e. The topological polar surface area (TPSA) is 181 Å². The molecule has 0 radical (unpaired) electrons. The lowest BCUT2D eigenvalue weighted by Crippen LogP contribution is -2.67. The van der Waals surface area contributed by atoms with Gasteiger partial charge in [-0.2, -0.15) is 0 Å². The van der Waals surface area contributed by atoms with E-state index in [-0.39, 0.29) is 17.0 Å². The Hall–Kier alpha value is -3.11. The van der Waals surface area contributed by atoms with Gasteiger partial charge in [0.15, 0.2) is 5.13 Å². The van der Waals surface area contributed by atoms with Crippen molar-refractivity contribution in [1.29, 1.82) is 0 Å². The summed E-state index contributed by atoms with van der Waals surface area (Å²) in [5.41, 5.74) is 8.09. The van der Waals surface area contributed by atoms with Crippen LogP contribution in [0.5, 0.6) is 0 Å². The van der Waals surface area contributed by atoms with E-state index in [1.807, 2.05) is 6.92 Å². The maximum Gasteiger partial charge on any atom is 0.352 e. The van der Waals surface area contributed by atoms with E-state index in [0.717, 1.165) is 16.3 Å². The number of carboxylic acid groups (broad SMARTS) is 1. The lowest BCUT2D eigenvalue weighted by Gasteiger charge is -2.49. The summed E-state index contributed by atoms with van der Waals surface area (Å²) in [7, 11) is 1.71. The third kappa shape index (κ3) is 4.12. The van der Waals surface area contributed by atoms with Gasteiger partial charge in [-0.3, -0.25) is 9.69 Å². The SMILES string of the molecule is Cc1sc(N)nc1Cc1c[nH]c(NC2C(=O)N3C(C(=O)O)=C(CSc4nnnn4C)CS[C@H]23)n1. The Kier molecular flexibility index (Phi) is 5.95. The van der Waals surface area contributed by atoms with Gasteiger partial charge in [0.05, 0.1) is 11.4 Å². The maximum atomic E-state index is 12.9. The standard InChI is InChI=1S/C18H20N10O3S3/c1-7-10(22-16(19)34-7)3-9-4-20-17(21-9)23-11-13(29)28-12(15(30)31)8(5-32-14(11)28)6-33-18-24-25-26-27(18)2/h4,11,14H,3,5-6H2,1-2H3,(H2,19,22)(H,30,31)(H2,20,21,23)/t11?,14-/m1/s1. The van der Waals surface area contributed by atoms with Crippen LogP contribution in [0.15, 0.2) is 22.6 Å². The van der Waals surface area contributed by atoms with E-state index in [0.29, 0.717) is 39.7 Å². The van der Waals surface area contributed by atoms with E-state index in [1.165, 1.54) is 44.4 Å². The van der Waals surface area contributed by atoms with Crippen molar-refractivity contribution in [3.8, 4) is 0 Å². The van der Waals surface area contributed by atoms with Crippen LogP contribution in [0.2, 0.25) is 0 Å². The minimum absolute atomic E-state index is 0.0335. The van der Waals surface area contributed by atoms with Gasteiger partial charge in [0.25, 0.3) is 5.91 Å². The molecule has 0 saturated carbocycles. The zero-order valence-electron chi connectivity index (χ0n) is 18.0. The second kappa shape index (κ2) is 8.92. The first-order valence-electron chi connectivity index (χ1n) is 10.1. The first-order chi connectivity index (χ1) is 16.3. The van der Waals surface area contributed by atoms with Crippen molar-refractivity contribution < 1.29 is 14.7 Å². The third-order valence-corrected chi connectivity index (χ3v) is 8.67. The summed E-state index contributed by atoms with van der Waals surface area (Å²) in [5.74, 6) is -0.119. The van der Waals surface area contributed by atoms with Crippen LogP contribution in [-0.4, -0.2) is 80.0 Å². The molecule has 3 aromatic rings. The van der Waals surface area contributed by atoms with E-state index in [9.17, 15) is 14.7 Å². The van der Waals surface area contributed by atoms with Crippen LogP contribution in [0.3, 0.4) is 0 Å². The number of hydrogen-bond acceptors (Lipinski definition) is 12. The molecule has 3 aromatic heterocycles. The number of aryl methyl sites for hydroxylation is 2. The van der Waals surface area contributed by atoms with Gasteiger partial charge in [-0.05, 0) is 22.9 Å². The Morgan fingerprint density at radius 3 is 2.94 bits per heavy atom. The average molecular weight is 521 g/mol. The lowest BCUT2D eigenvalue weighted by atomic mass is 10.0. The number of H-pyrrole nitrogens is 1. The number of carboxylic acids is 1. The molecule has 1 unspecified atom stereocenters. The van der Waals surface area contributed by atoms with Crippen LogP contribution < -0.4 is 11.1 Å². The van der Waals surface area contributed by atoms with E-state index in [1.54, 1.807) is 13.2 Å². The number of carbonyl (C=O) groups excluding carboxylic acids is 1. The van der Waals surface area contributed by atoms with Crippen LogP contribution in [-0.2, 0) is 23.1 Å². The molecule has 0 bridgehead atoms. The largest absolute Gasteiger partial charge is 0.477 e. The number of thioether (sulfide) groups is 2. The molecule has 1 fully saturated rings. The van der Waals surface area contributed by atoms with E-state index in [4.69, 9.17) is 5.73 Å². The molecule has 2 aliphatic heterocycles. The number of anilines is 2. The fourth-order valence-corrected chi connectivity index (χ4v) is 6.79. The number of nitrogens with two attached hydrogens (primary N) is 1. The van der Waals surface area contributed by atoms with Crippen molar-refractivity contribution in [2.45, 2.75) is 29.9 Å². The van der Waals surface area contributed by atoms with E-state index >= 15 is 0 Å². The minimum Gasteiger partial charge on any atom is -0.477 e. The van der Waals surface area contributed by atoms with Gasteiger partial charge in [0, 0.05) is 36.0 Å². The molecule has 0 aromatic carbocycles. The van der Waals surface area contributed by atoms with Crippen LogP contribution >= 0.6 is 34.9 Å². The predicted molar refractivity (Wildman–Crippen MR) is 127 cm³/mol. The predicted octanol–water partition coefficient (Wildman–Crippen LogP) is 0.698. The van der Waals surface area contributed by atoms with E-state index < -0.39 is 12.0 Å². The molecule has 5 heterocycles. The van der Waals surface area contributed by atoms with Gasteiger partial charge in [-0.15, -0.1) is 28.2 Å². The molecular formula is C18H20N10O3S3. The highest BCUT2D eigenvalue weighted by molar-refractivity contribution is 8.01. The number of aromatic nitrogens is 7. The summed E-state index contributed by atoms with van der Waals surface area (Å²) in [6.07, 6.45) is 2.28. The Bertz CT molecular complexity index is 1300. The molecular weight excluding hydrogens is 500 g/mol. The molecule has 178 valence electrons. The molecule has 1 amide bonds. The molecule has 5 rings (SSSR count). The first-order valence-corrected chi connectivity index (χ1v) is 12.9. The summed E-state index contributed by atoms with van der Waals surface area (Å²) in [5, 5.41) is 25.0. The normalized spacial score (nSPS) is 19.8. The van der Waals surface area contributed by atoms with Crippen molar-refractivity contribution in [2.24, 2.45) is 7.05 Å². The van der Waals surface area contributed by atoms with Gasteiger partial charge < -0.3 is 21.1 Å². The van der Waals surface area contributed by atoms with Crippen molar-refractivity contribution >= 4 is 57.8 Å². The number of nitrogen functional groups attached to an aromatic ring is 1. The average Bonchev–Trinajstić information content (AvgIpc) is 3.50. The molecule has 16 heteroatoms. The third-order valence-electron chi connectivity index (χ3n) is 5.39. The van der Waals surface area contributed by atoms with Gasteiger partial charge in [-0.25, -0.2) is 19.4 Å². The highest BCUT2D eigenvalue weighted by Crippen LogP contribution is 2.42. The Balaban J connectivity index is 1.27. The minimum atomic E-state index is -1.12. The molecule has 1 saturated heterocycles. The van der Waals surface area contributed by atoms with Crippen molar-refractivity contribution in [2.75, 3.05) is 22.6 Å². The zero-order valence-corrected chi connectivity index (χ0v) is 20.5. The number of β-lactam (4-membered cyclic amide) rings is 1. The number of thiazole rings is 1. The molecule has 0 aliphatic carbocycles. The Morgan fingerprint density at radius 2 is 2.26 bits per heavy atom. The van der Waals surface area contributed by atoms with Gasteiger partial charge >= 0.3 is 5.97 Å². The summed E-state index contributed by atoms with van der Waals surface area (Å²) in [4.78, 5) is 39.2. The number of hydrogen-bond donors (Lipinski definition) is 4. The molecule has 0 spiro atoms. The summed E-state index contributed by atoms with van der Waals surface area (Å²) in [6, 6.07) is -0.577. The molecule has 13 nitrogen and oxygen atoms in total. The number of nitrogens with zero attached hydrogens (tertiary/aromatic N) is 7. The van der Waals surface area contributed by atoms with Gasteiger partial charge in [0.2, 0.25) is 11.1 Å². The van der Waals surface area contributed by atoms with Crippen molar-refractivity contribution in [1.82, 2.24) is 40.1 Å². The number of rotatable bonds is 8. The van der Waals surface area contributed by atoms with Crippen molar-refractivity contribution in [3.05, 3.63) is 33.7 Å². The van der Waals surface area contributed by atoms with Crippen molar-refractivity contribution in [3.63, 3.8) is 0 Å². The molecule has 5 N–H and O–H groups in total. The fourth-order valence-electron chi connectivity index (χ4n) is 3.75. The van der Waals surface area contributed by atoms with E-state index in [2.05, 4.69) is 35.8 Å². The van der Waals surface area contributed by atoms with Crippen LogP contribution in [0.1, 0.15) is 16.3 Å². The Labute approximate surface area is 205 Å². The van der Waals surface area contributed by atoms with Crippen LogP contribution in [0.25, 0.3) is 0 Å². The lowest BCUT2D eigenvalue weighted by molar-refractivity contribution is -0.147. The number of tetrazole rings is 1. The molecule has 34 heavy (non-hydrogen) atoms. The van der Waals surface area contributed by atoms with Crippen LogP contribution in [0.4, 0.5) is 11.1 Å². The van der Waals surface area contributed by atoms with Gasteiger partial charge in [-0.1, -0.05) is 11.8 Å². The van der Waals surface area contributed by atoms with Gasteiger partial charge in [0.1, 0.15) is 17.1 Å². The highest BCUT2D eigenvalue weighted by Gasteiger charge is 2.53. The second-order valence-corrected chi connectivity index (χ2v) is 10.9. The molecule has 2 aliphatic rings. The first kappa shape index (κ1) is 22.7. The Morgan fingerprint density at radius 1 is 1.44 bits per heavy atom. The zero-order chi connectivity index (χ0) is 24.0. The fraction of sp³-hybridized carbons (Fsp3) is 0.389. The summed E-state index contributed by atoms with van der Waals surface area (Å²) < 4.78 is 1.52. The quantitative estimate of drug-likeness (QED) is 0.241. The second-order valence-electron chi connectivity index (χ2n) is 7.64. The number of nitrogens with one attached hydrogen (secondary N) is 2. The maximum absolute atomic E-state index is 12.9. The highest BCUT2D eigenvalue weighted by atomic mass is 32.2. The number of fused-ring (bicyclic) bond motifs is 1.